The van der Waals surface area contributed by atoms with Crippen molar-refractivity contribution < 1.29 is 28.6 Å². The third-order valence-electron chi connectivity index (χ3n) is 2.84. The summed E-state index contributed by atoms with van der Waals surface area (Å²) in [6.45, 7) is 5.59. The van der Waals surface area contributed by atoms with Gasteiger partial charge >= 0.3 is 11.9 Å². The van der Waals surface area contributed by atoms with Gasteiger partial charge in [0.1, 0.15) is 5.60 Å². The molecule has 1 aromatic carbocycles. The predicted molar refractivity (Wildman–Crippen MR) is 98.2 cm³/mol. The Kier molecular flexibility index (Phi) is 9.15. The van der Waals surface area contributed by atoms with Gasteiger partial charge in [0.2, 0.25) is 5.91 Å². The average molecular weight is 383 g/mol. The van der Waals surface area contributed by atoms with E-state index in [1.54, 1.807) is 52.1 Å². The second-order valence-electron chi connectivity index (χ2n) is 6.29. The summed E-state index contributed by atoms with van der Waals surface area (Å²) < 4.78 is 15.0. The van der Waals surface area contributed by atoms with Gasteiger partial charge in [-0.25, -0.2) is 9.59 Å². The smallest absolute Gasteiger partial charge is 0.344 e. The molecule has 0 aliphatic carbocycles. The molecule has 1 rings (SSSR count). The Morgan fingerprint density at radius 3 is 2.50 bits per heavy atom. The monoisotopic (exact) mass is 383 g/mol. The van der Waals surface area contributed by atoms with Crippen molar-refractivity contribution in [1.82, 2.24) is 5.32 Å². The van der Waals surface area contributed by atoms with Crippen molar-refractivity contribution in [2.45, 2.75) is 31.3 Å². The number of esters is 2. The number of ether oxygens (including phenoxy) is 3. The quantitative estimate of drug-likeness (QED) is 0.396. The maximum Gasteiger partial charge on any atom is 0.344 e. The highest BCUT2D eigenvalue weighted by molar-refractivity contribution is 8.00. The highest BCUT2D eigenvalue weighted by Gasteiger charge is 2.19. The second kappa shape index (κ2) is 10.8. The van der Waals surface area contributed by atoms with Gasteiger partial charge < -0.3 is 19.5 Å². The summed E-state index contributed by atoms with van der Waals surface area (Å²) in [5.74, 6) is -1.27. The van der Waals surface area contributed by atoms with Gasteiger partial charge in [-0.3, -0.25) is 4.79 Å². The fourth-order valence-corrected chi connectivity index (χ4v) is 2.69. The van der Waals surface area contributed by atoms with Gasteiger partial charge in [-0.2, -0.15) is 0 Å². The van der Waals surface area contributed by atoms with Crippen LogP contribution in [-0.2, 0) is 23.8 Å². The van der Waals surface area contributed by atoms with E-state index in [0.29, 0.717) is 23.6 Å². The Balaban J connectivity index is 2.58. The van der Waals surface area contributed by atoms with Crippen LogP contribution in [0.2, 0.25) is 0 Å². The Morgan fingerprint density at radius 1 is 1.15 bits per heavy atom. The topological polar surface area (TPSA) is 90.9 Å². The van der Waals surface area contributed by atoms with Crippen molar-refractivity contribution in [2.75, 3.05) is 32.6 Å². The van der Waals surface area contributed by atoms with Crippen molar-refractivity contribution >= 4 is 29.6 Å². The fourth-order valence-electron chi connectivity index (χ4n) is 1.82. The summed E-state index contributed by atoms with van der Waals surface area (Å²) in [6, 6.07) is 6.75. The molecule has 0 saturated carbocycles. The lowest BCUT2D eigenvalue weighted by atomic mass is 10.2. The molecule has 26 heavy (non-hydrogen) atoms. The number of hydrogen-bond acceptors (Lipinski definition) is 7. The van der Waals surface area contributed by atoms with E-state index in [-0.39, 0.29) is 11.7 Å². The largest absolute Gasteiger partial charge is 0.457 e. The van der Waals surface area contributed by atoms with E-state index >= 15 is 0 Å². The van der Waals surface area contributed by atoms with Gasteiger partial charge in [-0.05, 0) is 32.9 Å². The third-order valence-corrected chi connectivity index (χ3v) is 3.91. The van der Waals surface area contributed by atoms with Gasteiger partial charge in [-0.15, -0.1) is 11.8 Å². The fraction of sp³-hybridized carbons (Fsp3) is 0.500. The summed E-state index contributed by atoms with van der Waals surface area (Å²) in [7, 11) is 1.56. The van der Waals surface area contributed by atoms with E-state index in [1.807, 2.05) is 0 Å². The van der Waals surface area contributed by atoms with Crippen LogP contribution in [0.3, 0.4) is 0 Å². The molecular formula is C18H25NO6S. The molecule has 0 aliphatic heterocycles. The summed E-state index contributed by atoms with van der Waals surface area (Å²) in [5.41, 5.74) is -0.348. The number of amides is 1. The Morgan fingerprint density at radius 2 is 1.85 bits per heavy atom. The van der Waals surface area contributed by atoms with Gasteiger partial charge in [0.05, 0.1) is 17.9 Å². The van der Waals surface area contributed by atoms with Crippen LogP contribution in [0.15, 0.2) is 29.2 Å². The number of benzene rings is 1. The summed E-state index contributed by atoms with van der Waals surface area (Å²) in [5, 5.41) is 2.70. The lowest BCUT2D eigenvalue weighted by Crippen LogP contribution is -2.28. The Labute approximate surface area is 157 Å². The summed E-state index contributed by atoms with van der Waals surface area (Å²) in [6.07, 6.45) is 0. The predicted octanol–water partition coefficient (Wildman–Crippen LogP) is 2.04. The highest BCUT2D eigenvalue weighted by Crippen LogP contribution is 2.23. The molecule has 144 valence electrons. The molecule has 0 radical (unpaired) electrons. The maximum absolute atomic E-state index is 12.2. The molecule has 0 aromatic heterocycles. The van der Waals surface area contributed by atoms with Gasteiger partial charge in [0, 0.05) is 18.6 Å². The van der Waals surface area contributed by atoms with Gasteiger partial charge in [-0.1, -0.05) is 12.1 Å². The SMILES string of the molecule is COCCNC(=O)CSc1ccccc1C(=O)OCC(=O)OC(C)(C)C. The molecule has 0 unspecified atom stereocenters. The van der Waals surface area contributed by atoms with Crippen LogP contribution in [0, 0.1) is 0 Å². The molecule has 0 spiro atoms. The number of hydrogen-bond donors (Lipinski definition) is 1. The van der Waals surface area contributed by atoms with E-state index < -0.39 is 24.1 Å². The molecule has 1 aromatic rings. The van der Waals surface area contributed by atoms with Crippen LogP contribution in [0.25, 0.3) is 0 Å². The van der Waals surface area contributed by atoms with E-state index in [1.165, 1.54) is 11.8 Å². The van der Waals surface area contributed by atoms with Crippen LogP contribution in [0.5, 0.6) is 0 Å². The van der Waals surface area contributed by atoms with Crippen molar-refractivity contribution in [2.24, 2.45) is 0 Å². The number of carbonyl (C=O) groups is 3. The molecule has 1 N–H and O–H groups in total. The molecule has 0 fully saturated rings. The number of carbonyl (C=O) groups excluding carboxylic acids is 3. The van der Waals surface area contributed by atoms with E-state index in [4.69, 9.17) is 14.2 Å². The first-order valence-corrected chi connectivity index (χ1v) is 9.08. The molecule has 0 atom stereocenters. The lowest BCUT2D eigenvalue weighted by molar-refractivity contribution is -0.158. The average Bonchev–Trinajstić information content (AvgIpc) is 2.57. The first-order valence-electron chi connectivity index (χ1n) is 8.09. The van der Waals surface area contributed by atoms with Crippen LogP contribution in [-0.4, -0.2) is 56.1 Å². The van der Waals surface area contributed by atoms with Crippen molar-refractivity contribution in [3.63, 3.8) is 0 Å². The number of methoxy groups -OCH3 is 1. The minimum absolute atomic E-state index is 0.153. The molecule has 0 aliphatic rings. The number of nitrogens with one attached hydrogen (secondary N) is 1. The zero-order chi connectivity index (χ0) is 19.6. The van der Waals surface area contributed by atoms with E-state index in [9.17, 15) is 14.4 Å². The lowest BCUT2D eigenvalue weighted by Gasteiger charge is -2.19. The minimum Gasteiger partial charge on any atom is -0.457 e. The number of thioether (sulfide) groups is 1. The Bertz CT molecular complexity index is 626. The van der Waals surface area contributed by atoms with Crippen LogP contribution < -0.4 is 5.32 Å². The second-order valence-corrected chi connectivity index (χ2v) is 7.31. The normalized spacial score (nSPS) is 10.9. The molecule has 0 saturated heterocycles. The standard InChI is InChI=1S/C18H25NO6S/c1-18(2,3)25-16(21)11-24-17(22)13-7-5-6-8-14(13)26-12-15(20)19-9-10-23-4/h5-8H,9-12H2,1-4H3,(H,19,20). The first kappa shape index (κ1) is 22.0. The van der Waals surface area contributed by atoms with Crippen molar-refractivity contribution in [3.8, 4) is 0 Å². The highest BCUT2D eigenvalue weighted by atomic mass is 32.2. The molecule has 7 nitrogen and oxygen atoms in total. The van der Waals surface area contributed by atoms with Gasteiger partial charge in [0.15, 0.2) is 6.61 Å². The van der Waals surface area contributed by atoms with Crippen LogP contribution in [0.4, 0.5) is 0 Å². The molecule has 1 amide bonds. The third kappa shape index (κ3) is 8.87. The van der Waals surface area contributed by atoms with Crippen LogP contribution in [0.1, 0.15) is 31.1 Å². The first-order chi connectivity index (χ1) is 12.2. The molecule has 8 heteroatoms. The van der Waals surface area contributed by atoms with E-state index in [2.05, 4.69) is 5.32 Å². The number of rotatable bonds is 9. The van der Waals surface area contributed by atoms with Crippen molar-refractivity contribution in [3.05, 3.63) is 29.8 Å². The zero-order valence-corrected chi connectivity index (χ0v) is 16.3. The molecule has 0 heterocycles. The molecular weight excluding hydrogens is 358 g/mol. The minimum atomic E-state index is -0.645. The van der Waals surface area contributed by atoms with Crippen molar-refractivity contribution in [1.29, 1.82) is 0 Å². The molecule has 0 bridgehead atoms. The van der Waals surface area contributed by atoms with Gasteiger partial charge in [0.25, 0.3) is 0 Å². The summed E-state index contributed by atoms with van der Waals surface area (Å²) in [4.78, 5) is 36.2. The summed E-state index contributed by atoms with van der Waals surface area (Å²) >= 11 is 1.22. The maximum atomic E-state index is 12.2. The van der Waals surface area contributed by atoms with E-state index in [0.717, 1.165) is 0 Å². The van der Waals surface area contributed by atoms with Crippen LogP contribution >= 0.6 is 11.8 Å². The Hall–Kier alpha value is -2.06. The zero-order valence-electron chi connectivity index (χ0n) is 15.5.